The van der Waals surface area contributed by atoms with Crippen molar-refractivity contribution < 1.29 is 9.53 Å². The minimum Gasteiger partial charge on any atom is -0.497 e. The molecule has 2 amide bonds. The van der Waals surface area contributed by atoms with Crippen LogP contribution < -0.4 is 15.6 Å². The van der Waals surface area contributed by atoms with Crippen molar-refractivity contribution in [2.24, 2.45) is 0 Å². The van der Waals surface area contributed by atoms with Gasteiger partial charge in [-0.05, 0) is 36.2 Å². The van der Waals surface area contributed by atoms with Crippen molar-refractivity contribution >= 4 is 11.7 Å². The van der Waals surface area contributed by atoms with E-state index >= 15 is 0 Å². The van der Waals surface area contributed by atoms with Gasteiger partial charge in [-0.3, -0.25) is 9.89 Å². The Morgan fingerprint density at radius 3 is 2.77 bits per heavy atom. The molecule has 26 heavy (non-hydrogen) atoms. The molecule has 0 atom stereocenters. The lowest BCUT2D eigenvalue weighted by atomic mass is 10.1. The monoisotopic (exact) mass is 353 g/mol. The van der Waals surface area contributed by atoms with E-state index in [2.05, 4.69) is 15.4 Å². The van der Waals surface area contributed by atoms with Gasteiger partial charge in [0.1, 0.15) is 5.75 Å². The van der Waals surface area contributed by atoms with E-state index in [1.165, 1.54) is 4.52 Å². The molecule has 0 unspecified atom stereocenters. The third-order valence-electron chi connectivity index (χ3n) is 4.67. The van der Waals surface area contributed by atoms with E-state index in [0.29, 0.717) is 36.4 Å². The van der Waals surface area contributed by atoms with Crippen molar-refractivity contribution in [3.05, 3.63) is 51.9 Å². The highest BCUT2D eigenvalue weighted by Crippen LogP contribution is 2.23. The summed E-state index contributed by atoms with van der Waals surface area (Å²) in [6, 6.07) is 9.24. The Morgan fingerprint density at radius 2 is 2.08 bits per heavy atom. The predicted molar refractivity (Wildman–Crippen MR) is 96.4 cm³/mol. The van der Waals surface area contributed by atoms with Gasteiger partial charge in [-0.15, -0.1) is 0 Å². The smallest absolute Gasteiger partial charge is 0.317 e. The number of nitrogens with zero attached hydrogens (tertiary/aromatic N) is 3. The highest BCUT2D eigenvalue weighted by molar-refractivity contribution is 5.74. The molecule has 0 saturated carbocycles. The quantitative estimate of drug-likeness (QED) is 0.728. The summed E-state index contributed by atoms with van der Waals surface area (Å²) < 4.78 is 6.64. The lowest BCUT2D eigenvalue weighted by molar-refractivity contribution is 0.193. The normalized spacial score (nSPS) is 13.5. The molecule has 8 heteroatoms. The largest absolute Gasteiger partial charge is 0.497 e. The number of hydrogen-bond donors (Lipinski definition) is 2. The van der Waals surface area contributed by atoms with Gasteiger partial charge >= 0.3 is 6.03 Å². The second-order valence-corrected chi connectivity index (χ2v) is 6.16. The number of amides is 2. The first-order valence-corrected chi connectivity index (χ1v) is 8.35. The first kappa shape index (κ1) is 16.2. The summed E-state index contributed by atoms with van der Waals surface area (Å²) in [5.41, 5.74) is 3.47. The first-order valence-electron chi connectivity index (χ1n) is 8.35. The van der Waals surface area contributed by atoms with E-state index in [4.69, 9.17) is 4.74 Å². The highest BCUT2D eigenvalue weighted by Gasteiger charge is 2.24. The van der Waals surface area contributed by atoms with Crippen LogP contribution in [0.1, 0.15) is 11.3 Å². The molecule has 0 bridgehead atoms. The second kappa shape index (κ2) is 6.21. The Hall–Kier alpha value is -3.29. The van der Waals surface area contributed by atoms with Gasteiger partial charge in [0.05, 0.1) is 25.0 Å². The minimum absolute atomic E-state index is 0.110. The van der Waals surface area contributed by atoms with Crippen LogP contribution in [0, 0.1) is 0 Å². The van der Waals surface area contributed by atoms with Crippen molar-refractivity contribution in [3.63, 3.8) is 0 Å². The van der Waals surface area contributed by atoms with E-state index in [-0.39, 0.29) is 11.6 Å². The highest BCUT2D eigenvalue weighted by atomic mass is 16.5. The van der Waals surface area contributed by atoms with Crippen LogP contribution in [0.4, 0.5) is 4.79 Å². The maximum absolute atomic E-state index is 12.8. The average molecular weight is 353 g/mol. The van der Waals surface area contributed by atoms with Crippen molar-refractivity contribution in [1.82, 2.24) is 24.8 Å². The molecule has 2 aromatic heterocycles. The molecular weight excluding hydrogens is 334 g/mol. The molecule has 3 heterocycles. The number of nitrogens with one attached hydrogen (secondary N) is 2. The van der Waals surface area contributed by atoms with Gasteiger partial charge in [-0.2, -0.15) is 0 Å². The van der Waals surface area contributed by atoms with E-state index in [1.54, 1.807) is 19.1 Å². The lowest BCUT2D eigenvalue weighted by Gasteiger charge is -2.27. The van der Waals surface area contributed by atoms with E-state index in [0.717, 1.165) is 17.0 Å². The Kier molecular flexibility index (Phi) is 3.87. The molecule has 2 N–H and O–H groups in total. The van der Waals surface area contributed by atoms with Crippen LogP contribution in [0.3, 0.4) is 0 Å². The number of methoxy groups -OCH3 is 1. The number of ether oxygens (including phenoxy) is 1. The van der Waals surface area contributed by atoms with Crippen molar-refractivity contribution in [3.8, 4) is 17.0 Å². The third kappa shape index (κ3) is 2.59. The summed E-state index contributed by atoms with van der Waals surface area (Å²) in [5, 5.41) is 5.73. The van der Waals surface area contributed by atoms with Crippen LogP contribution >= 0.6 is 0 Å². The van der Waals surface area contributed by atoms with E-state index in [1.807, 2.05) is 30.3 Å². The number of fused-ring (bicyclic) bond motifs is 2. The second-order valence-electron chi connectivity index (χ2n) is 6.16. The third-order valence-corrected chi connectivity index (χ3v) is 4.67. The standard InChI is InChI=1S/C18H19N5O3/c1-19-18(25)22-8-7-13-15(10-22)20-16-9-14(21-23(16)17(13)24)11-3-5-12(26-2)6-4-11/h3-6,9,21H,7-8,10H2,1-2H3,(H,19,25). The molecule has 0 radical (unpaired) electrons. The molecule has 1 aliphatic heterocycles. The number of H-pyrrole nitrogens is 1. The van der Waals surface area contributed by atoms with Crippen molar-refractivity contribution in [2.45, 2.75) is 13.0 Å². The summed E-state index contributed by atoms with van der Waals surface area (Å²) in [4.78, 5) is 30.9. The number of carbonyl (C=O) groups is 1. The number of benzene rings is 1. The Labute approximate surface area is 149 Å². The lowest BCUT2D eigenvalue weighted by Crippen LogP contribution is -2.43. The van der Waals surface area contributed by atoms with Crippen LogP contribution in [0.5, 0.6) is 5.75 Å². The van der Waals surface area contributed by atoms with E-state index in [9.17, 15) is 9.59 Å². The van der Waals surface area contributed by atoms with Gasteiger partial charge in [-0.25, -0.2) is 14.3 Å². The fraction of sp³-hybridized carbons (Fsp3) is 0.278. The summed E-state index contributed by atoms with van der Waals surface area (Å²) in [5.74, 6) is 0.768. The fourth-order valence-electron chi connectivity index (χ4n) is 3.24. The van der Waals surface area contributed by atoms with Gasteiger partial charge in [-0.1, -0.05) is 0 Å². The van der Waals surface area contributed by atoms with Crippen LogP contribution in [-0.2, 0) is 13.0 Å². The number of hydrogen-bond acceptors (Lipinski definition) is 4. The number of aromatic nitrogens is 3. The van der Waals surface area contributed by atoms with Crippen molar-refractivity contribution in [1.29, 1.82) is 0 Å². The Balaban J connectivity index is 1.76. The summed E-state index contributed by atoms with van der Waals surface area (Å²) in [6.07, 6.45) is 0.494. The molecule has 0 spiro atoms. The molecule has 4 rings (SSSR count). The summed E-state index contributed by atoms with van der Waals surface area (Å²) >= 11 is 0. The van der Waals surface area contributed by atoms with Crippen LogP contribution in [0.25, 0.3) is 16.9 Å². The maximum atomic E-state index is 12.8. The topological polar surface area (TPSA) is 91.7 Å². The number of carbonyl (C=O) groups excluding carboxylic acids is 1. The molecule has 0 aliphatic carbocycles. The maximum Gasteiger partial charge on any atom is 0.317 e. The van der Waals surface area contributed by atoms with E-state index < -0.39 is 0 Å². The number of aromatic amines is 1. The zero-order valence-electron chi connectivity index (χ0n) is 14.6. The molecule has 1 aromatic carbocycles. The Bertz CT molecular complexity index is 1040. The first-order chi connectivity index (χ1) is 12.6. The molecule has 1 aliphatic rings. The number of rotatable bonds is 2. The molecule has 3 aromatic rings. The van der Waals surface area contributed by atoms with Crippen LogP contribution in [0.2, 0.25) is 0 Å². The Morgan fingerprint density at radius 1 is 1.31 bits per heavy atom. The molecule has 8 nitrogen and oxygen atoms in total. The number of urea groups is 1. The van der Waals surface area contributed by atoms with Gasteiger partial charge in [0.25, 0.3) is 5.56 Å². The van der Waals surface area contributed by atoms with Crippen LogP contribution in [0.15, 0.2) is 35.1 Å². The SMILES string of the molecule is CNC(=O)N1CCc2c(nc3cc(-c4ccc(OC)cc4)[nH]n3c2=O)C1. The molecule has 0 fully saturated rings. The van der Waals surface area contributed by atoms with Gasteiger partial charge < -0.3 is 15.0 Å². The molecular formula is C18H19N5O3. The van der Waals surface area contributed by atoms with Gasteiger partial charge in [0.15, 0.2) is 5.65 Å². The molecule has 134 valence electrons. The summed E-state index contributed by atoms with van der Waals surface area (Å²) in [6.45, 7) is 0.839. The predicted octanol–water partition coefficient (Wildman–Crippen LogP) is 1.40. The zero-order valence-corrected chi connectivity index (χ0v) is 14.6. The van der Waals surface area contributed by atoms with Crippen LogP contribution in [-0.4, -0.2) is 46.2 Å². The average Bonchev–Trinajstić information content (AvgIpc) is 3.11. The summed E-state index contributed by atoms with van der Waals surface area (Å²) in [7, 11) is 3.21. The zero-order chi connectivity index (χ0) is 18.3. The van der Waals surface area contributed by atoms with Gasteiger partial charge in [0.2, 0.25) is 0 Å². The van der Waals surface area contributed by atoms with Gasteiger partial charge in [0, 0.05) is 25.2 Å². The minimum atomic E-state index is -0.161. The fourth-order valence-corrected chi connectivity index (χ4v) is 3.24. The molecule has 0 saturated heterocycles. The van der Waals surface area contributed by atoms with Crippen molar-refractivity contribution in [2.75, 3.05) is 20.7 Å².